The van der Waals surface area contributed by atoms with E-state index in [4.69, 9.17) is 11.6 Å². The molecule has 5 nitrogen and oxygen atoms in total. The van der Waals surface area contributed by atoms with E-state index in [1.807, 2.05) is 41.8 Å². The summed E-state index contributed by atoms with van der Waals surface area (Å²) < 4.78 is 0. The van der Waals surface area contributed by atoms with Gasteiger partial charge in [0.05, 0.1) is 28.4 Å². The Hall–Kier alpha value is -2.70. The first-order valence-electron chi connectivity index (χ1n) is 10.4. The van der Waals surface area contributed by atoms with Crippen molar-refractivity contribution >= 4 is 40.4 Å². The SMILES string of the molecule is O=C(Cc1csc(Cc2cccc(Cl)c2)n1)Nc1ccccc1C(=O)NC1CCCC1. The van der Waals surface area contributed by atoms with E-state index in [0.717, 1.165) is 36.3 Å². The average Bonchev–Trinajstić information content (AvgIpc) is 3.40. The molecule has 4 rings (SSSR count). The molecule has 0 radical (unpaired) electrons. The second-order valence-electron chi connectivity index (χ2n) is 7.76. The minimum atomic E-state index is -0.194. The largest absolute Gasteiger partial charge is 0.349 e. The normalized spacial score (nSPS) is 13.8. The third-order valence-electron chi connectivity index (χ3n) is 5.32. The Morgan fingerprint density at radius 3 is 2.71 bits per heavy atom. The van der Waals surface area contributed by atoms with E-state index < -0.39 is 0 Å². The molecular formula is C24H24ClN3O2S. The first-order chi connectivity index (χ1) is 15.1. The Labute approximate surface area is 190 Å². The zero-order valence-electron chi connectivity index (χ0n) is 17.1. The van der Waals surface area contributed by atoms with Gasteiger partial charge in [-0.2, -0.15) is 0 Å². The average molecular weight is 454 g/mol. The number of hydrogen-bond acceptors (Lipinski definition) is 4. The molecule has 0 aliphatic heterocycles. The van der Waals surface area contributed by atoms with Crippen molar-refractivity contribution in [2.75, 3.05) is 5.32 Å². The molecule has 3 aromatic rings. The molecule has 0 spiro atoms. The number of hydrogen-bond donors (Lipinski definition) is 2. The van der Waals surface area contributed by atoms with Crippen LogP contribution in [0.3, 0.4) is 0 Å². The summed E-state index contributed by atoms with van der Waals surface area (Å²) in [5, 5.41) is 9.49. The smallest absolute Gasteiger partial charge is 0.253 e. The summed E-state index contributed by atoms with van der Waals surface area (Å²) in [6.45, 7) is 0. The molecule has 1 heterocycles. The van der Waals surface area contributed by atoms with E-state index in [9.17, 15) is 9.59 Å². The molecule has 0 atom stereocenters. The van der Waals surface area contributed by atoms with E-state index in [1.165, 1.54) is 11.3 Å². The Kier molecular flexibility index (Phi) is 6.99. The van der Waals surface area contributed by atoms with Gasteiger partial charge in [-0.15, -0.1) is 11.3 Å². The van der Waals surface area contributed by atoms with Gasteiger partial charge < -0.3 is 10.6 Å². The Morgan fingerprint density at radius 2 is 1.90 bits per heavy atom. The van der Waals surface area contributed by atoms with Crippen molar-refractivity contribution in [2.45, 2.75) is 44.6 Å². The van der Waals surface area contributed by atoms with Crippen LogP contribution in [0.15, 0.2) is 53.9 Å². The summed E-state index contributed by atoms with van der Waals surface area (Å²) in [6, 6.07) is 15.0. The first-order valence-corrected chi connectivity index (χ1v) is 11.7. The van der Waals surface area contributed by atoms with Crippen LogP contribution in [-0.2, 0) is 17.6 Å². The number of carbonyl (C=O) groups excluding carboxylic acids is 2. The molecule has 1 aromatic heterocycles. The molecule has 2 aromatic carbocycles. The molecule has 0 saturated heterocycles. The van der Waals surface area contributed by atoms with Crippen molar-refractivity contribution in [1.82, 2.24) is 10.3 Å². The number of carbonyl (C=O) groups is 2. The van der Waals surface area contributed by atoms with Crippen LogP contribution in [0, 0.1) is 0 Å². The van der Waals surface area contributed by atoms with E-state index in [-0.39, 0.29) is 24.3 Å². The highest BCUT2D eigenvalue weighted by atomic mass is 35.5. The predicted molar refractivity (Wildman–Crippen MR) is 125 cm³/mol. The van der Waals surface area contributed by atoms with Crippen molar-refractivity contribution in [3.05, 3.63) is 80.8 Å². The standard InChI is InChI=1S/C24H24ClN3O2S/c25-17-7-5-6-16(12-17)13-23-26-19(15-31-23)14-22(29)28-21-11-4-3-10-20(21)24(30)27-18-8-1-2-9-18/h3-7,10-12,15,18H,1-2,8-9,13-14H2,(H,27,30)(H,28,29). The number of rotatable bonds is 7. The fourth-order valence-electron chi connectivity index (χ4n) is 3.82. The molecule has 0 unspecified atom stereocenters. The molecule has 1 aliphatic carbocycles. The summed E-state index contributed by atoms with van der Waals surface area (Å²) in [5.74, 6) is -0.332. The van der Waals surface area contributed by atoms with E-state index in [1.54, 1.807) is 12.1 Å². The molecule has 2 N–H and O–H groups in total. The van der Waals surface area contributed by atoms with Crippen molar-refractivity contribution in [1.29, 1.82) is 0 Å². The number of amides is 2. The minimum absolute atomic E-state index is 0.139. The number of anilines is 1. The maximum absolute atomic E-state index is 12.7. The van der Waals surface area contributed by atoms with E-state index >= 15 is 0 Å². The lowest BCUT2D eigenvalue weighted by atomic mass is 10.1. The molecule has 160 valence electrons. The lowest BCUT2D eigenvalue weighted by Gasteiger charge is -2.14. The number of para-hydroxylation sites is 1. The second kappa shape index (κ2) is 10.1. The third-order valence-corrected chi connectivity index (χ3v) is 6.45. The summed E-state index contributed by atoms with van der Waals surface area (Å²) in [4.78, 5) is 29.9. The predicted octanol–water partition coefficient (Wildman–Crippen LogP) is 5.24. The van der Waals surface area contributed by atoms with Gasteiger partial charge in [0.15, 0.2) is 0 Å². The summed E-state index contributed by atoms with van der Waals surface area (Å²) in [5.41, 5.74) is 2.81. The zero-order valence-corrected chi connectivity index (χ0v) is 18.6. The maximum atomic E-state index is 12.7. The van der Waals surface area contributed by atoms with E-state index in [2.05, 4.69) is 15.6 Å². The van der Waals surface area contributed by atoms with Crippen LogP contribution in [0.2, 0.25) is 5.02 Å². The summed E-state index contributed by atoms with van der Waals surface area (Å²) in [6.07, 6.45) is 5.16. The molecule has 1 aliphatic rings. The van der Waals surface area contributed by atoms with Crippen molar-refractivity contribution in [2.24, 2.45) is 0 Å². The summed E-state index contributed by atoms with van der Waals surface area (Å²) in [7, 11) is 0. The van der Waals surface area contributed by atoms with Crippen LogP contribution in [0.25, 0.3) is 0 Å². The topological polar surface area (TPSA) is 71.1 Å². The number of nitrogens with one attached hydrogen (secondary N) is 2. The van der Waals surface area contributed by atoms with Crippen LogP contribution < -0.4 is 10.6 Å². The third kappa shape index (κ3) is 5.93. The lowest BCUT2D eigenvalue weighted by molar-refractivity contribution is -0.115. The fraction of sp³-hybridized carbons (Fsp3) is 0.292. The van der Waals surface area contributed by atoms with Crippen LogP contribution >= 0.6 is 22.9 Å². The molecule has 31 heavy (non-hydrogen) atoms. The lowest BCUT2D eigenvalue weighted by Crippen LogP contribution is -2.33. The van der Waals surface area contributed by atoms with Crippen LogP contribution in [0.4, 0.5) is 5.69 Å². The monoisotopic (exact) mass is 453 g/mol. The molecule has 7 heteroatoms. The van der Waals surface area contributed by atoms with Gasteiger partial charge in [0, 0.05) is 22.9 Å². The number of thiazole rings is 1. The van der Waals surface area contributed by atoms with Gasteiger partial charge in [-0.05, 0) is 42.7 Å². The van der Waals surface area contributed by atoms with Crippen molar-refractivity contribution in [3.8, 4) is 0 Å². The number of benzene rings is 2. The minimum Gasteiger partial charge on any atom is -0.349 e. The number of aromatic nitrogens is 1. The van der Waals surface area contributed by atoms with Gasteiger partial charge in [0.2, 0.25) is 5.91 Å². The molecular weight excluding hydrogens is 430 g/mol. The zero-order chi connectivity index (χ0) is 21.6. The Balaban J connectivity index is 1.37. The molecule has 2 amide bonds. The van der Waals surface area contributed by atoms with Gasteiger partial charge in [0.1, 0.15) is 0 Å². The van der Waals surface area contributed by atoms with Gasteiger partial charge in [-0.3, -0.25) is 9.59 Å². The van der Waals surface area contributed by atoms with Crippen LogP contribution in [-0.4, -0.2) is 22.8 Å². The Bertz CT molecular complexity index is 1080. The van der Waals surface area contributed by atoms with Gasteiger partial charge in [-0.1, -0.05) is 48.7 Å². The highest BCUT2D eigenvalue weighted by molar-refractivity contribution is 7.09. The van der Waals surface area contributed by atoms with Gasteiger partial charge in [-0.25, -0.2) is 4.98 Å². The highest BCUT2D eigenvalue weighted by Crippen LogP contribution is 2.21. The Morgan fingerprint density at radius 1 is 1.10 bits per heavy atom. The molecule has 1 fully saturated rings. The maximum Gasteiger partial charge on any atom is 0.253 e. The number of nitrogens with zero attached hydrogens (tertiary/aromatic N) is 1. The highest BCUT2D eigenvalue weighted by Gasteiger charge is 2.20. The molecule has 1 saturated carbocycles. The van der Waals surface area contributed by atoms with Crippen LogP contribution in [0.5, 0.6) is 0 Å². The fourth-order valence-corrected chi connectivity index (χ4v) is 4.86. The number of halogens is 1. The quantitative estimate of drug-likeness (QED) is 0.513. The first kappa shape index (κ1) is 21.5. The van der Waals surface area contributed by atoms with Crippen LogP contribution in [0.1, 0.15) is 52.3 Å². The summed E-state index contributed by atoms with van der Waals surface area (Å²) >= 11 is 7.57. The van der Waals surface area contributed by atoms with Crippen molar-refractivity contribution in [3.63, 3.8) is 0 Å². The van der Waals surface area contributed by atoms with E-state index in [0.29, 0.717) is 28.4 Å². The van der Waals surface area contributed by atoms with Gasteiger partial charge in [0.25, 0.3) is 5.91 Å². The van der Waals surface area contributed by atoms with Crippen molar-refractivity contribution < 1.29 is 9.59 Å². The molecule has 0 bridgehead atoms. The second-order valence-corrected chi connectivity index (χ2v) is 9.14. The van der Waals surface area contributed by atoms with Gasteiger partial charge >= 0.3 is 0 Å².